The van der Waals surface area contributed by atoms with Gasteiger partial charge in [-0.05, 0) is 33.1 Å². The van der Waals surface area contributed by atoms with E-state index in [1.54, 1.807) is 0 Å². The third kappa shape index (κ3) is 10.5. The van der Waals surface area contributed by atoms with Crippen molar-refractivity contribution >= 4 is 16.0 Å². The zero-order valence-corrected chi connectivity index (χ0v) is 13.1. The van der Waals surface area contributed by atoms with E-state index in [0.717, 1.165) is 0 Å². The second-order valence-corrected chi connectivity index (χ2v) is 12.1. The highest BCUT2D eigenvalue weighted by Gasteiger charge is 2.09. The molecule has 0 aliphatic heterocycles. The van der Waals surface area contributed by atoms with Crippen molar-refractivity contribution in [1.29, 1.82) is 0 Å². The molecule has 0 radical (unpaired) electrons. The molecule has 0 aliphatic rings. The Balaban J connectivity index is 4.14. The van der Waals surface area contributed by atoms with Gasteiger partial charge in [0.2, 0.25) is 0 Å². The number of rotatable bonds is 6. The van der Waals surface area contributed by atoms with E-state index in [-0.39, 0.29) is 7.92 Å². The molecule has 0 rings (SSSR count). The average molecular weight is 242 g/mol. The first-order valence-corrected chi connectivity index (χ1v) is 11.5. The fourth-order valence-corrected chi connectivity index (χ4v) is 4.99. The molecule has 0 spiro atoms. The normalized spacial score (nSPS) is 11.3. The van der Waals surface area contributed by atoms with Crippen LogP contribution in [0.4, 0.5) is 0 Å². The monoisotopic (exact) mass is 242 g/mol. The Morgan fingerprint density at radius 2 is 1.40 bits per heavy atom. The molecule has 0 aromatic rings. The smallest absolute Gasteiger partial charge is 0.127 e. The Bertz CT molecular complexity index is 199. The lowest BCUT2D eigenvalue weighted by molar-refractivity contribution is 0.871. The van der Waals surface area contributed by atoms with E-state index in [1.807, 2.05) is 0 Å². The first-order valence-electron chi connectivity index (χ1n) is 6.27. The van der Waals surface area contributed by atoms with Crippen LogP contribution in [-0.2, 0) is 0 Å². The van der Waals surface area contributed by atoms with Gasteiger partial charge in [0.1, 0.15) is 8.07 Å². The highest BCUT2D eigenvalue weighted by molar-refractivity contribution is 7.63. The summed E-state index contributed by atoms with van der Waals surface area (Å²) in [5.74, 6) is 0. The van der Waals surface area contributed by atoms with Crippen LogP contribution in [-0.4, -0.2) is 20.4 Å². The Labute approximate surface area is 99.0 Å². The number of hydrogen-bond donors (Lipinski definition) is 0. The largest absolute Gasteiger partial charge is 0.129 e. The van der Waals surface area contributed by atoms with Crippen molar-refractivity contribution in [3.05, 3.63) is 0 Å². The molecule has 0 saturated heterocycles. The molecule has 0 saturated carbocycles. The Morgan fingerprint density at radius 3 is 1.73 bits per heavy atom. The van der Waals surface area contributed by atoms with E-state index in [9.17, 15) is 0 Å². The predicted molar refractivity (Wildman–Crippen MR) is 77.6 cm³/mol. The second-order valence-electron chi connectivity index (χ2n) is 5.18. The van der Waals surface area contributed by atoms with Crippen molar-refractivity contribution in [2.45, 2.75) is 59.2 Å². The summed E-state index contributed by atoms with van der Waals surface area (Å²) < 4.78 is 0. The summed E-state index contributed by atoms with van der Waals surface area (Å²) in [6, 6.07) is 0. The van der Waals surface area contributed by atoms with E-state index in [4.69, 9.17) is 0 Å². The molecule has 0 fully saturated rings. The van der Waals surface area contributed by atoms with Crippen molar-refractivity contribution < 1.29 is 0 Å². The van der Waals surface area contributed by atoms with Gasteiger partial charge in [-0.25, -0.2) is 0 Å². The predicted octanol–water partition coefficient (Wildman–Crippen LogP) is 4.91. The Kier molecular flexibility index (Phi) is 8.48. The zero-order chi connectivity index (χ0) is 11.7. The van der Waals surface area contributed by atoms with E-state index in [0.29, 0.717) is 0 Å². The minimum atomic E-state index is -1.14. The Hall–Kier alpha value is 0.207. The van der Waals surface area contributed by atoms with E-state index >= 15 is 0 Å². The summed E-state index contributed by atoms with van der Waals surface area (Å²) in [6.45, 7) is 11.6. The van der Waals surface area contributed by atoms with Crippen molar-refractivity contribution in [1.82, 2.24) is 0 Å². The maximum atomic E-state index is 3.61. The molecule has 0 heterocycles. The van der Waals surface area contributed by atoms with Gasteiger partial charge in [0, 0.05) is 0 Å². The van der Waals surface area contributed by atoms with Crippen LogP contribution in [0.15, 0.2) is 0 Å². The van der Waals surface area contributed by atoms with Crippen molar-refractivity contribution in [3.63, 3.8) is 0 Å². The summed E-state index contributed by atoms with van der Waals surface area (Å²) in [4.78, 5) is 0. The molecular weight excluding hydrogens is 215 g/mol. The van der Waals surface area contributed by atoms with Crippen LogP contribution >= 0.6 is 7.92 Å². The molecule has 0 amide bonds. The fourth-order valence-electron chi connectivity index (χ4n) is 1.17. The summed E-state index contributed by atoms with van der Waals surface area (Å²) in [5.41, 5.74) is 7.16. The van der Waals surface area contributed by atoms with Crippen LogP contribution in [0.2, 0.25) is 19.6 Å². The number of unbranched alkanes of at least 4 members (excludes halogenated alkanes) is 2. The van der Waals surface area contributed by atoms with Gasteiger partial charge >= 0.3 is 0 Å². The topological polar surface area (TPSA) is 0 Å². The molecule has 2 heteroatoms. The first-order chi connectivity index (χ1) is 6.99. The van der Waals surface area contributed by atoms with Crippen molar-refractivity contribution in [3.8, 4) is 11.2 Å². The van der Waals surface area contributed by atoms with Gasteiger partial charge in [-0.15, -0.1) is 5.54 Å². The van der Waals surface area contributed by atoms with E-state index in [1.165, 1.54) is 38.0 Å². The van der Waals surface area contributed by atoms with Crippen LogP contribution in [0.5, 0.6) is 0 Å². The summed E-state index contributed by atoms with van der Waals surface area (Å²) >= 11 is 0. The van der Waals surface area contributed by atoms with Gasteiger partial charge in [-0.2, -0.15) is 0 Å². The maximum absolute atomic E-state index is 3.61. The molecule has 0 aliphatic carbocycles. The highest BCUT2D eigenvalue weighted by atomic mass is 31.1. The SMILES string of the molecule is CCCCP(C#C[Si](C)(C)C)CCCC. The quantitative estimate of drug-likeness (QED) is 0.353. The highest BCUT2D eigenvalue weighted by Crippen LogP contribution is 2.36. The summed E-state index contributed by atoms with van der Waals surface area (Å²) in [6.07, 6.45) is 8.14. The molecule has 0 atom stereocenters. The fraction of sp³-hybridized carbons (Fsp3) is 0.846. The minimum absolute atomic E-state index is 0.0368. The van der Waals surface area contributed by atoms with Gasteiger partial charge in [-0.3, -0.25) is 0 Å². The first kappa shape index (κ1) is 15.2. The van der Waals surface area contributed by atoms with E-state index in [2.05, 4.69) is 44.7 Å². The van der Waals surface area contributed by atoms with E-state index < -0.39 is 8.07 Å². The van der Waals surface area contributed by atoms with Gasteiger partial charge in [0.25, 0.3) is 0 Å². The van der Waals surface area contributed by atoms with Crippen molar-refractivity contribution in [2.24, 2.45) is 0 Å². The molecule has 0 unspecified atom stereocenters. The van der Waals surface area contributed by atoms with Gasteiger partial charge in [0.15, 0.2) is 0 Å². The third-order valence-electron chi connectivity index (χ3n) is 2.15. The minimum Gasteiger partial charge on any atom is -0.127 e. The molecule has 0 nitrogen and oxygen atoms in total. The Morgan fingerprint density at radius 1 is 0.933 bits per heavy atom. The maximum Gasteiger partial charge on any atom is 0.129 e. The molecular formula is C13H27PSi. The lowest BCUT2D eigenvalue weighted by Gasteiger charge is -2.11. The number of hydrogen-bond acceptors (Lipinski definition) is 0. The lowest BCUT2D eigenvalue weighted by atomic mass is 10.4. The van der Waals surface area contributed by atoms with Crippen LogP contribution < -0.4 is 0 Å². The lowest BCUT2D eigenvalue weighted by Crippen LogP contribution is -2.16. The summed E-state index contributed by atoms with van der Waals surface area (Å²) in [5, 5.41) is 0. The standard InChI is InChI=1S/C13H27PSi/c1-6-8-10-14(11-9-7-2)12-13-15(3,4)5/h6-11H2,1-5H3. The zero-order valence-electron chi connectivity index (χ0n) is 11.2. The molecule has 88 valence electrons. The molecule has 0 bridgehead atoms. The van der Waals surface area contributed by atoms with Crippen molar-refractivity contribution in [2.75, 3.05) is 12.3 Å². The van der Waals surface area contributed by atoms with Gasteiger partial charge in [0.05, 0.1) is 0 Å². The molecule has 15 heavy (non-hydrogen) atoms. The molecule has 0 N–H and O–H groups in total. The average Bonchev–Trinajstić information content (AvgIpc) is 2.15. The van der Waals surface area contributed by atoms with Crippen LogP contribution in [0.3, 0.4) is 0 Å². The molecule has 0 aromatic carbocycles. The van der Waals surface area contributed by atoms with Crippen LogP contribution in [0, 0.1) is 11.2 Å². The van der Waals surface area contributed by atoms with Gasteiger partial charge in [-0.1, -0.05) is 52.0 Å². The van der Waals surface area contributed by atoms with Crippen LogP contribution in [0.1, 0.15) is 39.5 Å². The van der Waals surface area contributed by atoms with Gasteiger partial charge < -0.3 is 0 Å². The third-order valence-corrected chi connectivity index (χ3v) is 5.38. The molecule has 0 aromatic heterocycles. The second kappa shape index (κ2) is 8.37. The summed E-state index contributed by atoms with van der Waals surface area (Å²) in [7, 11) is -1.11. The van der Waals surface area contributed by atoms with Crippen LogP contribution in [0.25, 0.3) is 0 Å².